The lowest BCUT2D eigenvalue weighted by atomic mass is 10.2. The Morgan fingerprint density at radius 3 is 2.69 bits per heavy atom. The molecule has 2 aromatic heterocycles. The molecule has 5 nitrogen and oxygen atoms in total. The number of hydrogen-bond donors (Lipinski definition) is 0. The Kier molecular flexibility index (Phi) is 5.69. The first-order valence-corrected chi connectivity index (χ1v) is 10.7. The van der Waals surface area contributed by atoms with E-state index in [-0.39, 0.29) is 5.56 Å². The molecule has 0 atom stereocenters. The molecular formula is C22H18BrN3O2S. The summed E-state index contributed by atoms with van der Waals surface area (Å²) in [5.74, 6) is 2.00. The van der Waals surface area contributed by atoms with Gasteiger partial charge in [-0.2, -0.15) is 0 Å². The third-order valence-electron chi connectivity index (χ3n) is 4.45. The highest BCUT2D eigenvalue weighted by Gasteiger charge is 2.14. The molecule has 0 bridgehead atoms. The van der Waals surface area contributed by atoms with Crippen LogP contribution in [-0.4, -0.2) is 21.6 Å². The van der Waals surface area contributed by atoms with Gasteiger partial charge in [-0.3, -0.25) is 4.79 Å². The van der Waals surface area contributed by atoms with Crippen molar-refractivity contribution in [3.05, 3.63) is 86.7 Å². The summed E-state index contributed by atoms with van der Waals surface area (Å²) in [5.41, 5.74) is 2.69. The van der Waals surface area contributed by atoms with Crippen molar-refractivity contribution in [2.45, 2.75) is 17.8 Å². The van der Waals surface area contributed by atoms with Crippen molar-refractivity contribution in [3.8, 4) is 11.6 Å². The highest BCUT2D eigenvalue weighted by atomic mass is 79.9. The number of ether oxygens (including phenoxy) is 1. The topological polar surface area (TPSA) is 57.0 Å². The molecule has 0 aliphatic carbocycles. The van der Waals surface area contributed by atoms with E-state index in [1.54, 1.807) is 23.9 Å². The zero-order valence-corrected chi connectivity index (χ0v) is 18.3. The summed E-state index contributed by atoms with van der Waals surface area (Å²) in [6.45, 7) is 1.97. The Hall–Kier alpha value is -2.64. The normalized spacial score (nSPS) is 11.0. The van der Waals surface area contributed by atoms with Crippen molar-refractivity contribution in [3.63, 3.8) is 0 Å². The minimum absolute atomic E-state index is 0.120. The van der Waals surface area contributed by atoms with E-state index < -0.39 is 0 Å². The molecule has 29 heavy (non-hydrogen) atoms. The van der Waals surface area contributed by atoms with Gasteiger partial charge in [0, 0.05) is 11.9 Å². The van der Waals surface area contributed by atoms with Gasteiger partial charge in [-0.25, -0.2) is 14.5 Å². The molecule has 0 saturated carbocycles. The lowest BCUT2D eigenvalue weighted by molar-refractivity contribution is 0.412. The minimum atomic E-state index is -0.120. The number of rotatable bonds is 5. The zero-order chi connectivity index (χ0) is 20.4. The molecule has 0 saturated heterocycles. The number of para-hydroxylation sites is 1. The summed E-state index contributed by atoms with van der Waals surface area (Å²) in [7, 11) is 1.64. The predicted octanol–water partition coefficient (Wildman–Crippen LogP) is 5.15. The quantitative estimate of drug-likeness (QED) is 0.300. The number of benzene rings is 2. The SMILES string of the molecule is COc1ccc(CSc2nc3ccccc3c(=O)n2-c2ccc(C)cn2)cc1Br. The fourth-order valence-corrected chi connectivity index (χ4v) is 4.48. The molecule has 0 aliphatic heterocycles. The Balaban J connectivity index is 1.78. The number of pyridine rings is 1. The van der Waals surface area contributed by atoms with Gasteiger partial charge >= 0.3 is 0 Å². The molecule has 4 rings (SSSR count). The fraction of sp³-hybridized carbons (Fsp3) is 0.136. The summed E-state index contributed by atoms with van der Waals surface area (Å²) in [5, 5.41) is 1.18. The minimum Gasteiger partial charge on any atom is -0.496 e. The number of aryl methyl sites for hydroxylation is 1. The number of methoxy groups -OCH3 is 1. The molecule has 0 fully saturated rings. The van der Waals surface area contributed by atoms with E-state index in [1.165, 1.54) is 11.8 Å². The van der Waals surface area contributed by atoms with Crippen LogP contribution >= 0.6 is 27.7 Å². The van der Waals surface area contributed by atoms with E-state index in [2.05, 4.69) is 20.9 Å². The first kappa shape index (κ1) is 19.7. The number of nitrogens with zero attached hydrogens (tertiary/aromatic N) is 3. The summed E-state index contributed by atoms with van der Waals surface area (Å²) < 4.78 is 7.77. The summed E-state index contributed by atoms with van der Waals surface area (Å²) >= 11 is 5.02. The molecular weight excluding hydrogens is 450 g/mol. The van der Waals surface area contributed by atoms with Gasteiger partial charge in [0.1, 0.15) is 11.6 Å². The van der Waals surface area contributed by atoms with Crippen LogP contribution in [0.5, 0.6) is 5.75 Å². The molecule has 0 radical (unpaired) electrons. The maximum absolute atomic E-state index is 13.2. The van der Waals surface area contributed by atoms with Crippen LogP contribution in [0.1, 0.15) is 11.1 Å². The molecule has 0 amide bonds. The van der Waals surface area contributed by atoms with E-state index in [0.29, 0.717) is 27.6 Å². The lowest BCUT2D eigenvalue weighted by Crippen LogP contribution is -2.22. The van der Waals surface area contributed by atoms with Gasteiger partial charge in [-0.05, 0) is 64.3 Å². The number of fused-ring (bicyclic) bond motifs is 1. The molecule has 7 heteroatoms. The smallest absolute Gasteiger partial charge is 0.267 e. The monoisotopic (exact) mass is 467 g/mol. The number of aromatic nitrogens is 3. The second kappa shape index (κ2) is 8.39. The van der Waals surface area contributed by atoms with Crippen LogP contribution in [0.2, 0.25) is 0 Å². The maximum Gasteiger partial charge on any atom is 0.267 e. The Morgan fingerprint density at radius 1 is 1.14 bits per heavy atom. The second-order valence-corrected chi connectivity index (χ2v) is 8.30. The van der Waals surface area contributed by atoms with Gasteiger partial charge in [0.25, 0.3) is 5.56 Å². The van der Waals surface area contributed by atoms with Crippen molar-refractivity contribution in [1.29, 1.82) is 0 Å². The Bertz CT molecular complexity index is 1240. The van der Waals surface area contributed by atoms with Crippen molar-refractivity contribution < 1.29 is 4.74 Å². The molecule has 4 aromatic rings. The second-order valence-electron chi connectivity index (χ2n) is 6.50. The largest absolute Gasteiger partial charge is 0.496 e. The summed E-state index contributed by atoms with van der Waals surface area (Å²) in [6, 6.07) is 17.1. The Labute approximate surface area is 180 Å². The average molecular weight is 468 g/mol. The van der Waals surface area contributed by atoms with Crippen LogP contribution in [0.4, 0.5) is 0 Å². The molecule has 0 unspecified atom stereocenters. The van der Waals surface area contributed by atoms with E-state index in [0.717, 1.165) is 21.3 Å². The van der Waals surface area contributed by atoms with Gasteiger partial charge in [-0.1, -0.05) is 36.0 Å². The summed E-state index contributed by atoms with van der Waals surface area (Å²) in [4.78, 5) is 22.4. The molecule has 0 aliphatic rings. The van der Waals surface area contributed by atoms with Gasteiger partial charge in [0.15, 0.2) is 5.16 Å². The third-order valence-corrected chi connectivity index (χ3v) is 6.08. The van der Waals surface area contributed by atoms with Crippen LogP contribution < -0.4 is 10.3 Å². The van der Waals surface area contributed by atoms with Crippen molar-refractivity contribution >= 4 is 38.6 Å². The van der Waals surface area contributed by atoms with Crippen LogP contribution in [0.25, 0.3) is 16.7 Å². The van der Waals surface area contributed by atoms with E-state index in [9.17, 15) is 4.79 Å². The number of hydrogen-bond acceptors (Lipinski definition) is 5. The van der Waals surface area contributed by atoms with Gasteiger partial charge < -0.3 is 4.74 Å². The van der Waals surface area contributed by atoms with Gasteiger partial charge in [-0.15, -0.1) is 0 Å². The molecule has 2 heterocycles. The highest BCUT2D eigenvalue weighted by molar-refractivity contribution is 9.10. The summed E-state index contributed by atoms with van der Waals surface area (Å²) in [6.07, 6.45) is 1.76. The molecule has 146 valence electrons. The van der Waals surface area contributed by atoms with Crippen molar-refractivity contribution in [2.24, 2.45) is 0 Å². The molecule has 0 spiro atoms. The van der Waals surface area contributed by atoms with E-state index in [4.69, 9.17) is 9.72 Å². The van der Waals surface area contributed by atoms with E-state index >= 15 is 0 Å². The van der Waals surface area contributed by atoms with Crippen molar-refractivity contribution in [2.75, 3.05) is 7.11 Å². The highest BCUT2D eigenvalue weighted by Crippen LogP contribution is 2.29. The zero-order valence-electron chi connectivity index (χ0n) is 15.9. The van der Waals surface area contributed by atoms with Crippen molar-refractivity contribution in [1.82, 2.24) is 14.5 Å². The average Bonchev–Trinajstić information content (AvgIpc) is 2.73. The molecule has 2 aromatic carbocycles. The standard InChI is InChI=1S/C22H18BrN3O2S/c1-14-7-10-20(24-12-14)26-21(27)16-5-3-4-6-18(16)25-22(26)29-13-15-8-9-19(28-2)17(23)11-15/h3-12H,13H2,1-2H3. The van der Waals surface area contributed by atoms with Crippen LogP contribution in [0.3, 0.4) is 0 Å². The van der Waals surface area contributed by atoms with Crippen LogP contribution in [0.15, 0.2) is 75.2 Å². The first-order chi connectivity index (χ1) is 14.1. The number of thioether (sulfide) groups is 1. The lowest BCUT2D eigenvalue weighted by Gasteiger charge is -2.13. The third kappa shape index (κ3) is 4.06. The van der Waals surface area contributed by atoms with E-state index in [1.807, 2.05) is 55.5 Å². The van der Waals surface area contributed by atoms with Crippen LogP contribution in [-0.2, 0) is 5.75 Å². The van der Waals surface area contributed by atoms with Crippen LogP contribution in [0, 0.1) is 6.92 Å². The Morgan fingerprint density at radius 2 is 1.97 bits per heavy atom. The number of halogens is 1. The predicted molar refractivity (Wildman–Crippen MR) is 120 cm³/mol. The first-order valence-electron chi connectivity index (χ1n) is 8.97. The fourth-order valence-electron chi connectivity index (χ4n) is 2.95. The molecule has 0 N–H and O–H groups in total. The van der Waals surface area contributed by atoms with Gasteiger partial charge in [0.2, 0.25) is 0 Å². The van der Waals surface area contributed by atoms with Gasteiger partial charge in [0.05, 0.1) is 22.5 Å². The maximum atomic E-state index is 13.2.